The second kappa shape index (κ2) is 5.62. The van der Waals surface area contributed by atoms with Gasteiger partial charge in [-0.2, -0.15) is 0 Å². The van der Waals surface area contributed by atoms with Gasteiger partial charge in [-0.1, -0.05) is 30.3 Å². The second-order valence-corrected chi connectivity index (χ2v) is 3.33. The highest BCUT2D eigenvalue weighted by Crippen LogP contribution is 2.03. The standard InChI is InChI=1S/C10H11ClO3/c11-9(10(12)13)7-14-6-8-4-2-1-3-5-8/h1-5,9H,6-7H2,(H,12,13)/t9-/m1/s1. The van der Waals surface area contributed by atoms with Gasteiger partial charge < -0.3 is 9.84 Å². The highest BCUT2D eigenvalue weighted by Gasteiger charge is 2.12. The fraction of sp³-hybridized carbons (Fsp3) is 0.300. The van der Waals surface area contributed by atoms with Crippen LogP contribution in [0.15, 0.2) is 30.3 Å². The van der Waals surface area contributed by atoms with E-state index in [0.717, 1.165) is 5.56 Å². The molecular formula is C10H11ClO3. The summed E-state index contributed by atoms with van der Waals surface area (Å²) in [6.07, 6.45) is 0. The minimum atomic E-state index is -1.06. The zero-order chi connectivity index (χ0) is 10.4. The molecule has 0 spiro atoms. The van der Waals surface area contributed by atoms with Crippen molar-refractivity contribution in [1.29, 1.82) is 0 Å². The van der Waals surface area contributed by atoms with Crippen molar-refractivity contribution >= 4 is 17.6 Å². The molecular weight excluding hydrogens is 204 g/mol. The molecule has 0 aliphatic heterocycles. The van der Waals surface area contributed by atoms with Crippen molar-refractivity contribution < 1.29 is 14.6 Å². The zero-order valence-electron chi connectivity index (χ0n) is 7.52. The fourth-order valence-corrected chi connectivity index (χ4v) is 1.01. The first-order valence-corrected chi connectivity index (χ1v) is 4.62. The highest BCUT2D eigenvalue weighted by atomic mass is 35.5. The quantitative estimate of drug-likeness (QED) is 0.762. The van der Waals surface area contributed by atoms with Crippen molar-refractivity contribution in [2.45, 2.75) is 12.0 Å². The molecule has 0 saturated heterocycles. The van der Waals surface area contributed by atoms with E-state index in [1.807, 2.05) is 30.3 Å². The van der Waals surface area contributed by atoms with E-state index in [1.165, 1.54) is 0 Å². The summed E-state index contributed by atoms with van der Waals surface area (Å²) in [6, 6.07) is 9.52. The first kappa shape index (κ1) is 11.0. The molecule has 14 heavy (non-hydrogen) atoms. The molecule has 1 N–H and O–H groups in total. The third kappa shape index (κ3) is 3.77. The smallest absolute Gasteiger partial charge is 0.324 e. The molecule has 0 radical (unpaired) electrons. The van der Waals surface area contributed by atoms with Crippen molar-refractivity contribution in [3.05, 3.63) is 35.9 Å². The van der Waals surface area contributed by atoms with Crippen molar-refractivity contribution in [3.8, 4) is 0 Å². The first-order chi connectivity index (χ1) is 6.70. The summed E-state index contributed by atoms with van der Waals surface area (Å²) < 4.78 is 5.13. The van der Waals surface area contributed by atoms with Gasteiger partial charge in [-0.3, -0.25) is 4.79 Å². The molecule has 0 amide bonds. The molecule has 76 valence electrons. The Hall–Kier alpha value is -1.06. The number of halogens is 1. The molecule has 0 heterocycles. The van der Waals surface area contributed by atoms with Gasteiger partial charge in [0.2, 0.25) is 0 Å². The van der Waals surface area contributed by atoms with E-state index >= 15 is 0 Å². The average molecular weight is 215 g/mol. The van der Waals surface area contributed by atoms with Gasteiger partial charge in [0.05, 0.1) is 13.2 Å². The number of benzene rings is 1. The Bertz CT molecular complexity index is 287. The SMILES string of the molecule is O=C(O)[C@H](Cl)COCc1ccccc1. The number of rotatable bonds is 5. The van der Waals surface area contributed by atoms with Crippen LogP contribution in [-0.4, -0.2) is 23.1 Å². The molecule has 0 aromatic heterocycles. The number of alkyl halides is 1. The van der Waals surface area contributed by atoms with Gasteiger partial charge in [0, 0.05) is 0 Å². The lowest BCUT2D eigenvalue weighted by atomic mass is 10.2. The average Bonchev–Trinajstić information content (AvgIpc) is 2.19. The predicted molar refractivity (Wildman–Crippen MR) is 53.4 cm³/mol. The molecule has 0 aliphatic rings. The normalized spacial score (nSPS) is 12.4. The van der Waals surface area contributed by atoms with Crippen LogP contribution in [0.2, 0.25) is 0 Å². The number of hydrogen-bond acceptors (Lipinski definition) is 2. The van der Waals surface area contributed by atoms with Crippen molar-refractivity contribution in [2.75, 3.05) is 6.61 Å². The number of carboxylic acids is 1. The van der Waals surface area contributed by atoms with Crippen LogP contribution >= 0.6 is 11.6 Å². The lowest BCUT2D eigenvalue weighted by Gasteiger charge is -2.05. The Morgan fingerprint density at radius 1 is 1.43 bits per heavy atom. The van der Waals surface area contributed by atoms with E-state index in [4.69, 9.17) is 21.4 Å². The summed E-state index contributed by atoms with van der Waals surface area (Å²) in [5.74, 6) is -1.06. The molecule has 0 saturated carbocycles. The molecule has 1 atom stereocenters. The Labute approximate surface area is 87.3 Å². The predicted octanol–water partition coefficient (Wildman–Crippen LogP) is 1.90. The van der Waals surface area contributed by atoms with E-state index in [9.17, 15) is 4.79 Å². The Morgan fingerprint density at radius 3 is 2.64 bits per heavy atom. The van der Waals surface area contributed by atoms with Crippen LogP contribution in [0.3, 0.4) is 0 Å². The maximum Gasteiger partial charge on any atom is 0.324 e. The molecule has 1 aromatic rings. The van der Waals surface area contributed by atoms with Crippen molar-refractivity contribution in [3.63, 3.8) is 0 Å². The number of hydrogen-bond donors (Lipinski definition) is 1. The van der Waals surface area contributed by atoms with E-state index in [-0.39, 0.29) is 6.61 Å². The van der Waals surface area contributed by atoms with Gasteiger partial charge in [-0.15, -0.1) is 11.6 Å². The van der Waals surface area contributed by atoms with Gasteiger partial charge in [-0.05, 0) is 5.56 Å². The summed E-state index contributed by atoms with van der Waals surface area (Å²) in [7, 11) is 0. The third-order valence-corrected chi connectivity index (χ3v) is 1.96. The molecule has 4 heteroatoms. The van der Waals surface area contributed by atoms with Crippen molar-refractivity contribution in [1.82, 2.24) is 0 Å². The van der Waals surface area contributed by atoms with Gasteiger partial charge in [0.1, 0.15) is 0 Å². The molecule has 0 bridgehead atoms. The lowest BCUT2D eigenvalue weighted by Crippen LogP contribution is -2.19. The van der Waals surface area contributed by atoms with Crippen molar-refractivity contribution in [2.24, 2.45) is 0 Å². The Morgan fingerprint density at radius 2 is 2.07 bits per heavy atom. The van der Waals surface area contributed by atoms with Gasteiger partial charge >= 0.3 is 5.97 Å². The van der Waals surface area contributed by atoms with Crippen LogP contribution in [0, 0.1) is 0 Å². The van der Waals surface area contributed by atoms with Crippen LogP contribution in [0.5, 0.6) is 0 Å². The topological polar surface area (TPSA) is 46.5 Å². The van der Waals surface area contributed by atoms with Gasteiger partial charge in [-0.25, -0.2) is 0 Å². The summed E-state index contributed by atoms with van der Waals surface area (Å²) in [4.78, 5) is 10.3. The Balaban J connectivity index is 2.26. The fourth-order valence-electron chi connectivity index (χ4n) is 0.926. The highest BCUT2D eigenvalue weighted by molar-refractivity contribution is 6.29. The van der Waals surface area contributed by atoms with E-state index in [2.05, 4.69) is 0 Å². The van der Waals surface area contributed by atoms with Crippen LogP contribution in [-0.2, 0) is 16.1 Å². The minimum absolute atomic E-state index is 0.0196. The number of carbonyl (C=O) groups is 1. The summed E-state index contributed by atoms with van der Waals surface area (Å²) in [5.41, 5.74) is 1.00. The maximum absolute atomic E-state index is 10.3. The first-order valence-electron chi connectivity index (χ1n) is 4.18. The van der Waals surface area contributed by atoms with Gasteiger partial charge in [0.15, 0.2) is 5.38 Å². The van der Waals surface area contributed by atoms with Crippen LogP contribution in [0.25, 0.3) is 0 Å². The number of aliphatic carboxylic acids is 1. The van der Waals surface area contributed by atoms with Crippen LogP contribution in [0.4, 0.5) is 0 Å². The zero-order valence-corrected chi connectivity index (χ0v) is 8.28. The molecule has 1 rings (SSSR count). The minimum Gasteiger partial charge on any atom is -0.480 e. The number of carboxylic acid groups (broad SMARTS) is 1. The largest absolute Gasteiger partial charge is 0.480 e. The van der Waals surface area contributed by atoms with Gasteiger partial charge in [0.25, 0.3) is 0 Å². The summed E-state index contributed by atoms with van der Waals surface area (Å²) in [5, 5.41) is 7.49. The second-order valence-electron chi connectivity index (χ2n) is 2.81. The van der Waals surface area contributed by atoms with Crippen LogP contribution < -0.4 is 0 Å². The Kier molecular flexibility index (Phi) is 4.43. The third-order valence-electron chi connectivity index (χ3n) is 1.64. The van der Waals surface area contributed by atoms with E-state index in [0.29, 0.717) is 6.61 Å². The molecule has 0 unspecified atom stereocenters. The lowest BCUT2D eigenvalue weighted by molar-refractivity contribution is -0.137. The molecule has 1 aromatic carbocycles. The summed E-state index contributed by atoms with van der Waals surface area (Å²) >= 11 is 5.46. The molecule has 0 aliphatic carbocycles. The molecule has 0 fully saturated rings. The van der Waals surface area contributed by atoms with Crippen LogP contribution in [0.1, 0.15) is 5.56 Å². The number of ether oxygens (including phenoxy) is 1. The maximum atomic E-state index is 10.3. The van der Waals surface area contributed by atoms with E-state index in [1.54, 1.807) is 0 Å². The molecule has 3 nitrogen and oxygen atoms in total. The van der Waals surface area contributed by atoms with E-state index < -0.39 is 11.3 Å². The summed E-state index contributed by atoms with van der Waals surface area (Å²) in [6.45, 7) is 0.406. The monoisotopic (exact) mass is 214 g/mol.